The van der Waals surface area contributed by atoms with Crippen LogP contribution >= 0.6 is 11.6 Å². The molecule has 1 aromatic heterocycles. The molecule has 92 valence electrons. The number of likely N-dealkylation sites (tertiary alicyclic amines) is 1. The lowest BCUT2D eigenvalue weighted by Gasteiger charge is -2.30. The molecule has 1 atom stereocenters. The van der Waals surface area contributed by atoms with Gasteiger partial charge in [0.2, 0.25) is 5.91 Å². The van der Waals surface area contributed by atoms with Crippen LogP contribution in [0.15, 0.2) is 6.33 Å². The summed E-state index contributed by atoms with van der Waals surface area (Å²) in [7, 11) is 1.78. The van der Waals surface area contributed by atoms with E-state index in [1.165, 1.54) is 6.33 Å². The van der Waals surface area contributed by atoms with E-state index in [1.807, 2.05) is 0 Å². The highest BCUT2D eigenvalue weighted by Gasteiger charge is 2.23. The number of halogens is 1. The molecule has 1 aliphatic heterocycles. The van der Waals surface area contributed by atoms with Crippen LogP contribution in [0.2, 0.25) is 5.02 Å². The first-order valence-corrected chi connectivity index (χ1v) is 5.72. The SMILES string of the molecule is CN1CC(Nc2ncnc(N)c2Cl)CCC1=O. The van der Waals surface area contributed by atoms with E-state index in [2.05, 4.69) is 15.3 Å². The Morgan fingerprint density at radius 2 is 2.35 bits per heavy atom. The van der Waals surface area contributed by atoms with Crippen LogP contribution in [0.5, 0.6) is 0 Å². The molecule has 1 unspecified atom stereocenters. The van der Waals surface area contributed by atoms with Crippen LogP contribution in [0.1, 0.15) is 12.8 Å². The zero-order valence-corrected chi connectivity index (χ0v) is 10.2. The van der Waals surface area contributed by atoms with Crippen LogP contribution in [-0.2, 0) is 4.79 Å². The van der Waals surface area contributed by atoms with Crippen molar-refractivity contribution in [3.8, 4) is 0 Å². The van der Waals surface area contributed by atoms with Crippen molar-refractivity contribution in [3.63, 3.8) is 0 Å². The Morgan fingerprint density at radius 1 is 1.59 bits per heavy atom. The molecule has 0 aromatic carbocycles. The van der Waals surface area contributed by atoms with Crippen molar-refractivity contribution >= 4 is 29.1 Å². The Hall–Kier alpha value is -1.56. The molecule has 1 aliphatic rings. The van der Waals surface area contributed by atoms with Crippen LogP contribution in [0.25, 0.3) is 0 Å². The van der Waals surface area contributed by atoms with E-state index in [-0.39, 0.29) is 17.8 Å². The summed E-state index contributed by atoms with van der Waals surface area (Å²) < 4.78 is 0. The van der Waals surface area contributed by atoms with Crippen LogP contribution in [0, 0.1) is 0 Å². The van der Waals surface area contributed by atoms with Crippen molar-refractivity contribution < 1.29 is 4.79 Å². The van der Waals surface area contributed by atoms with Gasteiger partial charge >= 0.3 is 0 Å². The third kappa shape index (κ3) is 2.58. The number of nitrogen functional groups attached to an aromatic ring is 1. The predicted molar refractivity (Wildman–Crippen MR) is 65.7 cm³/mol. The Morgan fingerprint density at radius 3 is 3.06 bits per heavy atom. The summed E-state index contributed by atoms with van der Waals surface area (Å²) in [4.78, 5) is 20.9. The average molecular weight is 256 g/mol. The molecule has 2 rings (SSSR count). The van der Waals surface area contributed by atoms with Crippen LogP contribution in [0.4, 0.5) is 11.6 Å². The van der Waals surface area contributed by atoms with E-state index in [0.29, 0.717) is 23.8 Å². The van der Waals surface area contributed by atoms with Crippen molar-refractivity contribution in [1.29, 1.82) is 0 Å². The van der Waals surface area contributed by atoms with E-state index in [1.54, 1.807) is 11.9 Å². The number of nitrogens with one attached hydrogen (secondary N) is 1. The van der Waals surface area contributed by atoms with E-state index in [9.17, 15) is 4.79 Å². The van der Waals surface area contributed by atoms with Gasteiger partial charge in [-0.05, 0) is 6.42 Å². The first-order chi connectivity index (χ1) is 8.08. The Labute approximate surface area is 104 Å². The van der Waals surface area contributed by atoms with Gasteiger partial charge in [-0.2, -0.15) is 0 Å². The third-order valence-corrected chi connectivity index (χ3v) is 3.16. The molecular weight excluding hydrogens is 242 g/mol. The number of nitrogens with zero attached hydrogens (tertiary/aromatic N) is 3. The molecule has 0 saturated carbocycles. The summed E-state index contributed by atoms with van der Waals surface area (Å²) >= 11 is 5.98. The number of hydrogen-bond donors (Lipinski definition) is 2. The van der Waals surface area contributed by atoms with Gasteiger partial charge in [0, 0.05) is 26.1 Å². The lowest BCUT2D eigenvalue weighted by atomic mass is 10.1. The van der Waals surface area contributed by atoms with Gasteiger partial charge in [-0.3, -0.25) is 4.79 Å². The highest BCUT2D eigenvalue weighted by atomic mass is 35.5. The molecule has 3 N–H and O–H groups in total. The van der Waals surface area contributed by atoms with Gasteiger partial charge in [0.15, 0.2) is 5.82 Å². The number of hydrogen-bond acceptors (Lipinski definition) is 5. The van der Waals surface area contributed by atoms with Gasteiger partial charge in [-0.1, -0.05) is 11.6 Å². The molecule has 1 saturated heterocycles. The monoisotopic (exact) mass is 255 g/mol. The summed E-state index contributed by atoms with van der Waals surface area (Å²) in [6.07, 6.45) is 2.66. The number of anilines is 2. The number of amides is 1. The van der Waals surface area contributed by atoms with E-state index < -0.39 is 0 Å². The first-order valence-electron chi connectivity index (χ1n) is 5.34. The quantitative estimate of drug-likeness (QED) is 0.815. The van der Waals surface area contributed by atoms with Crippen LogP contribution < -0.4 is 11.1 Å². The van der Waals surface area contributed by atoms with Gasteiger partial charge in [0.05, 0.1) is 0 Å². The standard InChI is InChI=1S/C10H14ClN5O/c1-16-4-6(2-3-7(16)17)15-10-8(11)9(12)13-5-14-10/h5-6H,2-4H2,1H3,(H3,12,13,14,15). The largest absolute Gasteiger partial charge is 0.382 e. The molecular formula is C10H14ClN5O. The number of piperidine rings is 1. The predicted octanol–water partition coefficient (Wildman–Crippen LogP) is 0.745. The third-order valence-electron chi connectivity index (χ3n) is 2.78. The summed E-state index contributed by atoms with van der Waals surface area (Å²) in [5.41, 5.74) is 5.59. The second kappa shape index (κ2) is 4.75. The molecule has 0 aliphatic carbocycles. The summed E-state index contributed by atoms with van der Waals surface area (Å²) in [5, 5.41) is 3.51. The van der Waals surface area contributed by atoms with Crippen LogP contribution in [0.3, 0.4) is 0 Å². The molecule has 1 aromatic rings. The minimum absolute atomic E-state index is 0.143. The molecule has 2 heterocycles. The highest BCUT2D eigenvalue weighted by Crippen LogP contribution is 2.25. The van der Waals surface area contributed by atoms with Crippen molar-refractivity contribution in [2.45, 2.75) is 18.9 Å². The molecule has 7 heteroatoms. The van der Waals surface area contributed by atoms with Crippen molar-refractivity contribution in [1.82, 2.24) is 14.9 Å². The number of rotatable bonds is 2. The summed E-state index contributed by atoms with van der Waals surface area (Å²) in [6, 6.07) is 0.143. The number of carbonyl (C=O) groups is 1. The van der Waals surface area contributed by atoms with Crippen molar-refractivity contribution in [3.05, 3.63) is 11.3 Å². The van der Waals surface area contributed by atoms with E-state index in [0.717, 1.165) is 6.42 Å². The van der Waals surface area contributed by atoms with Gasteiger partial charge in [0.1, 0.15) is 17.2 Å². The van der Waals surface area contributed by atoms with E-state index in [4.69, 9.17) is 17.3 Å². The zero-order chi connectivity index (χ0) is 12.4. The van der Waals surface area contributed by atoms with Gasteiger partial charge < -0.3 is 16.0 Å². The molecule has 0 bridgehead atoms. The molecule has 0 radical (unpaired) electrons. The molecule has 1 fully saturated rings. The smallest absolute Gasteiger partial charge is 0.222 e. The fourth-order valence-electron chi connectivity index (χ4n) is 1.81. The zero-order valence-electron chi connectivity index (χ0n) is 9.48. The lowest BCUT2D eigenvalue weighted by Crippen LogP contribution is -2.43. The van der Waals surface area contributed by atoms with E-state index >= 15 is 0 Å². The number of aromatic nitrogens is 2. The minimum atomic E-state index is 0.143. The second-order valence-electron chi connectivity index (χ2n) is 4.08. The number of nitrogens with two attached hydrogens (primary N) is 1. The van der Waals surface area contributed by atoms with Gasteiger partial charge in [-0.15, -0.1) is 0 Å². The lowest BCUT2D eigenvalue weighted by molar-refractivity contribution is -0.132. The minimum Gasteiger partial charge on any atom is -0.382 e. The molecule has 6 nitrogen and oxygen atoms in total. The first kappa shape index (κ1) is 11.9. The maximum atomic E-state index is 11.3. The summed E-state index contributed by atoms with van der Waals surface area (Å²) in [6.45, 7) is 0.638. The fourth-order valence-corrected chi connectivity index (χ4v) is 1.96. The van der Waals surface area contributed by atoms with Crippen LogP contribution in [-0.4, -0.2) is 40.4 Å². The maximum absolute atomic E-state index is 11.3. The van der Waals surface area contributed by atoms with Crippen molar-refractivity contribution in [2.24, 2.45) is 0 Å². The number of carbonyl (C=O) groups excluding carboxylic acids is 1. The maximum Gasteiger partial charge on any atom is 0.222 e. The molecule has 1 amide bonds. The normalized spacial score (nSPS) is 20.5. The topological polar surface area (TPSA) is 84.1 Å². The highest BCUT2D eigenvalue weighted by molar-refractivity contribution is 6.35. The fraction of sp³-hybridized carbons (Fsp3) is 0.500. The molecule has 0 spiro atoms. The van der Waals surface area contributed by atoms with Gasteiger partial charge in [0.25, 0.3) is 0 Å². The van der Waals surface area contributed by atoms with Gasteiger partial charge in [-0.25, -0.2) is 9.97 Å². The Bertz CT molecular complexity index is 439. The summed E-state index contributed by atoms with van der Waals surface area (Å²) in [5.74, 6) is 0.938. The average Bonchev–Trinajstić information content (AvgIpc) is 2.30. The molecule has 17 heavy (non-hydrogen) atoms. The number of likely N-dealkylation sites (N-methyl/N-ethyl adjacent to an activating group) is 1. The Balaban J connectivity index is 2.06. The van der Waals surface area contributed by atoms with Crippen molar-refractivity contribution in [2.75, 3.05) is 24.6 Å². The second-order valence-corrected chi connectivity index (χ2v) is 4.45. The Kier molecular flexibility index (Phi) is 3.33.